The van der Waals surface area contributed by atoms with E-state index in [1.54, 1.807) is 10.9 Å². The summed E-state index contributed by atoms with van der Waals surface area (Å²) in [5.74, 6) is -0.328. The molecule has 0 atom stereocenters. The highest BCUT2D eigenvalue weighted by atomic mass is 127. The Morgan fingerprint density at radius 1 is 1.47 bits per heavy atom. The molecule has 0 saturated carbocycles. The van der Waals surface area contributed by atoms with Gasteiger partial charge >= 0.3 is 5.97 Å². The predicted molar refractivity (Wildman–Crippen MR) is 75.6 cm³/mol. The molecule has 0 aliphatic carbocycles. The van der Waals surface area contributed by atoms with Crippen molar-refractivity contribution in [1.82, 2.24) is 19.5 Å². The van der Waals surface area contributed by atoms with E-state index >= 15 is 0 Å². The lowest BCUT2D eigenvalue weighted by Crippen LogP contribution is -2.10. The van der Waals surface area contributed by atoms with Crippen LogP contribution in [0.5, 0.6) is 0 Å². The highest BCUT2D eigenvalue weighted by molar-refractivity contribution is 14.1. The van der Waals surface area contributed by atoms with Gasteiger partial charge in [-0.25, -0.2) is 15.0 Å². The van der Waals surface area contributed by atoms with Crippen LogP contribution in [0.25, 0.3) is 11.2 Å². The standard InChI is InChI=1S/C10H10ClIN4O3/c1-6(17)19-3-2-18-5-16-4-13-7-8(11)14-10(12)15-9(7)16/h4H,2-3,5H2,1H3. The minimum atomic E-state index is -0.328. The average Bonchev–Trinajstić information content (AvgIpc) is 2.72. The second-order valence-electron chi connectivity index (χ2n) is 3.55. The topological polar surface area (TPSA) is 79.1 Å². The maximum atomic E-state index is 10.6. The molecule has 2 aromatic heterocycles. The number of fused-ring (bicyclic) bond motifs is 1. The number of esters is 1. The lowest BCUT2D eigenvalue weighted by molar-refractivity contribution is -0.142. The average molecular weight is 397 g/mol. The summed E-state index contributed by atoms with van der Waals surface area (Å²) in [6.07, 6.45) is 1.58. The third kappa shape index (κ3) is 3.74. The molecule has 0 amide bonds. The SMILES string of the molecule is CC(=O)OCCOCn1cnc2c(Cl)nc(I)nc21. The Balaban J connectivity index is 1.99. The summed E-state index contributed by atoms with van der Waals surface area (Å²) < 4.78 is 12.4. The quantitative estimate of drug-likeness (QED) is 0.251. The molecule has 102 valence electrons. The van der Waals surface area contributed by atoms with Gasteiger partial charge in [0.1, 0.15) is 18.9 Å². The van der Waals surface area contributed by atoms with Gasteiger partial charge in [0.2, 0.25) is 0 Å². The lowest BCUT2D eigenvalue weighted by atomic mass is 10.5. The van der Waals surface area contributed by atoms with Crippen molar-refractivity contribution < 1.29 is 14.3 Å². The van der Waals surface area contributed by atoms with Gasteiger partial charge in [0, 0.05) is 29.5 Å². The molecule has 0 aliphatic heterocycles. The van der Waals surface area contributed by atoms with Gasteiger partial charge in [-0.2, -0.15) is 0 Å². The predicted octanol–water partition coefficient (Wildman–Crippen LogP) is 1.62. The maximum Gasteiger partial charge on any atom is 0.302 e. The molecule has 0 bridgehead atoms. The number of hydrogen-bond acceptors (Lipinski definition) is 6. The summed E-state index contributed by atoms with van der Waals surface area (Å²) >= 11 is 7.94. The smallest absolute Gasteiger partial charge is 0.302 e. The first-order valence-electron chi connectivity index (χ1n) is 5.33. The molecule has 0 fully saturated rings. The molecule has 0 N–H and O–H groups in total. The minimum Gasteiger partial charge on any atom is -0.463 e. The number of ether oxygens (including phenoxy) is 2. The van der Waals surface area contributed by atoms with Crippen molar-refractivity contribution in [2.24, 2.45) is 0 Å². The second-order valence-corrected chi connectivity index (χ2v) is 4.87. The Morgan fingerprint density at radius 3 is 3.00 bits per heavy atom. The summed E-state index contributed by atoms with van der Waals surface area (Å²) in [4.78, 5) is 22.9. The van der Waals surface area contributed by atoms with Crippen LogP contribution in [-0.4, -0.2) is 38.7 Å². The van der Waals surface area contributed by atoms with E-state index in [1.165, 1.54) is 6.92 Å². The van der Waals surface area contributed by atoms with Gasteiger partial charge in [0.05, 0.1) is 12.9 Å². The van der Waals surface area contributed by atoms with Gasteiger partial charge in [-0.15, -0.1) is 0 Å². The van der Waals surface area contributed by atoms with Crippen LogP contribution in [-0.2, 0) is 21.0 Å². The molecule has 7 nitrogen and oxygen atoms in total. The van der Waals surface area contributed by atoms with Crippen LogP contribution in [0.15, 0.2) is 6.33 Å². The van der Waals surface area contributed by atoms with Crippen molar-refractivity contribution in [1.29, 1.82) is 0 Å². The van der Waals surface area contributed by atoms with E-state index in [4.69, 9.17) is 21.1 Å². The van der Waals surface area contributed by atoms with Crippen molar-refractivity contribution in [3.8, 4) is 0 Å². The fraction of sp³-hybridized carbons (Fsp3) is 0.400. The summed E-state index contributed by atoms with van der Waals surface area (Å²) in [5.41, 5.74) is 1.14. The number of hydrogen-bond donors (Lipinski definition) is 0. The summed E-state index contributed by atoms with van der Waals surface area (Å²) in [7, 11) is 0. The zero-order valence-electron chi connectivity index (χ0n) is 9.97. The highest BCUT2D eigenvalue weighted by Gasteiger charge is 2.10. The van der Waals surface area contributed by atoms with Crippen LogP contribution in [0.3, 0.4) is 0 Å². The Morgan fingerprint density at radius 2 is 2.26 bits per heavy atom. The van der Waals surface area contributed by atoms with Crippen molar-refractivity contribution >= 4 is 51.3 Å². The second kappa shape index (κ2) is 6.44. The van der Waals surface area contributed by atoms with E-state index in [-0.39, 0.29) is 19.3 Å². The van der Waals surface area contributed by atoms with Gasteiger partial charge in [-0.05, 0) is 0 Å². The van der Waals surface area contributed by atoms with Gasteiger partial charge in [0.15, 0.2) is 14.6 Å². The van der Waals surface area contributed by atoms with Crippen molar-refractivity contribution in [2.75, 3.05) is 13.2 Å². The molecular weight excluding hydrogens is 386 g/mol. The van der Waals surface area contributed by atoms with Gasteiger partial charge < -0.3 is 9.47 Å². The fourth-order valence-corrected chi connectivity index (χ4v) is 2.21. The molecule has 0 unspecified atom stereocenters. The fourth-order valence-electron chi connectivity index (χ4n) is 1.39. The number of nitrogens with zero attached hydrogens (tertiary/aromatic N) is 4. The molecule has 0 saturated heterocycles. The molecule has 0 radical (unpaired) electrons. The van der Waals surface area contributed by atoms with Crippen LogP contribution in [0.4, 0.5) is 0 Å². The lowest BCUT2D eigenvalue weighted by Gasteiger charge is -2.06. The normalized spacial score (nSPS) is 10.9. The van der Waals surface area contributed by atoms with Crippen LogP contribution in [0, 0.1) is 3.83 Å². The van der Waals surface area contributed by atoms with E-state index in [9.17, 15) is 4.79 Å². The third-order valence-corrected chi connectivity index (χ3v) is 2.90. The zero-order valence-corrected chi connectivity index (χ0v) is 12.9. The van der Waals surface area contributed by atoms with Crippen molar-refractivity contribution in [3.63, 3.8) is 0 Å². The number of imidazole rings is 1. The van der Waals surface area contributed by atoms with Crippen LogP contribution >= 0.6 is 34.2 Å². The van der Waals surface area contributed by atoms with Crippen molar-refractivity contribution in [3.05, 3.63) is 15.3 Å². The molecule has 0 aliphatic rings. The van der Waals surface area contributed by atoms with Crippen LogP contribution < -0.4 is 0 Å². The largest absolute Gasteiger partial charge is 0.463 e. The molecule has 2 rings (SSSR count). The molecule has 0 aromatic carbocycles. The van der Waals surface area contributed by atoms with Gasteiger partial charge in [-0.1, -0.05) is 11.6 Å². The molecule has 19 heavy (non-hydrogen) atoms. The molecule has 9 heteroatoms. The highest BCUT2D eigenvalue weighted by Crippen LogP contribution is 2.19. The first-order chi connectivity index (χ1) is 9.08. The zero-order chi connectivity index (χ0) is 13.8. The van der Waals surface area contributed by atoms with E-state index in [0.717, 1.165) is 0 Å². The number of aromatic nitrogens is 4. The molecular formula is C10H10ClIN4O3. The van der Waals surface area contributed by atoms with Gasteiger partial charge in [-0.3, -0.25) is 9.36 Å². The summed E-state index contributed by atoms with van der Waals surface area (Å²) in [6, 6.07) is 0. The van der Waals surface area contributed by atoms with E-state index in [0.29, 0.717) is 26.8 Å². The number of carbonyl (C=O) groups is 1. The number of halogens is 2. The Kier molecular flexibility index (Phi) is 4.88. The first-order valence-corrected chi connectivity index (χ1v) is 6.78. The van der Waals surface area contributed by atoms with Crippen molar-refractivity contribution in [2.45, 2.75) is 13.7 Å². The van der Waals surface area contributed by atoms with Gasteiger partial charge in [0.25, 0.3) is 0 Å². The number of rotatable bonds is 5. The minimum absolute atomic E-state index is 0.217. The Labute approximate surface area is 127 Å². The summed E-state index contributed by atoms with van der Waals surface area (Å²) in [5, 5.41) is 0.313. The molecule has 2 heterocycles. The van der Waals surface area contributed by atoms with E-state index in [1.807, 2.05) is 22.6 Å². The van der Waals surface area contributed by atoms with E-state index in [2.05, 4.69) is 15.0 Å². The Hall–Kier alpha value is -1.000. The van der Waals surface area contributed by atoms with Crippen LogP contribution in [0.2, 0.25) is 5.15 Å². The monoisotopic (exact) mass is 396 g/mol. The van der Waals surface area contributed by atoms with Crippen LogP contribution in [0.1, 0.15) is 6.92 Å². The number of carbonyl (C=O) groups excluding carboxylic acids is 1. The molecule has 0 spiro atoms. The maximum absolute atomic E-state index is 10.6. The third-order valence-electron chi connectivity index (χ3n) is 2.16. The van der Waals surface area contributed by atoms with E-state index < -0.39 is 0 Å². The Bertz CT molecular complexity index is 604. The molecule has 2 aromatic rings. The first kappa shape index (κ1) is 14.4. The summed E-state index contributed by atoms with van der Waals surface area (Å²) in [6.45, 7) is 2.12.